The van der Waals surface area contributed by atoms with Crippen LogP contribution in [0.25, 0.3) is 5.70 Å². The number of aliphatic carboxylic acids is 1. The zero-order valence-corrected chi connectivity index (χ0v) is 8.88. The molecule has 1 aromatic carbocycles. The highest BCUT2D eigenvalue weighted by molar-refractivity contribution is 5.70. The summed E-state index contributed by atoms with van der Waals surface area (Å²) >= 11 is 0. The zero-order chi connectivity index (χ0) is 12.3. The molecule has 0 fully saturated rings. The monoisotopic (exact) mass is 230 g/mol. The number of hydroxylamine groups is 1. The van der Waals surface area contributed by atoms with Gasteiger partial charge in [-0.25, -0.2) is 0 Å². The standard InChI is InChI=1S/C12H10N2O3/c13-7-8-1-3-9(4-2-8)11-5-10(17-14-11)6-12(15)16/h1-5,10,14H,6H2,(H,15,16). The summed E-state index contributed by atoms with van der Waals surface area (Å²) in [5.41, 5.74) is 4.84. The van der Waals surface area contributed by atoms with Crippen molar-refractivity contribution in [2.75, 3.05) is 0 Å². The smallest absolute Gasteiger partial charge is 0.306 e. The molecule has 0 saturated heterocycles. The molecule has 1 unspecified atom stereocenters. The Kier molecular flexibility index (Phi) is 3.08. The van der Waals surface area contributed by atoms with Crippen molar-refractivity contribution in [1.82, 2.24) is 5.48 Å². The molecule has 17 heavy (non-hydrogen) atoms. The molecule has 0 aliphatic carbocycles. The van der Waals surface area contributed by atoms with Gasteiger partial charge in [-0.1, -0.05) is 12.1 Å². The van der Waals surface area contributed by atoms with Gasteiger partial charge in [0.15, 0.2) is 0 Å². The predicted molar refractivity (Wildman–Crippen MR) is 59.4 cm³/mol. The highest BCUT2D eigenvalue weighted by atomic mass is 16.7. The van der Waals surface area contributed by atoms with Gasteiger partial charge in [-0.2, -0.15) is 5.26 Å². The molecule has 1 aliphatic heterocycles. The second kappa shape index (κ2) is 4.68. The van der Waals surface area contributed by atoms with Crippen LogP contribution >= 0.6 is 0 Å². The van der Waals surface area contributed by atoms with Crippen molar-refractivity contribution >= 4 is 11.7 Å². The summed E-state index contributed by atoms with van der Waals surface area (Å²) in [6.45, 7) is 0. The van der Waals surface area contributed by atoms with E-state index in [0.717, 1.165) is 11.3 Å². The van der Waals surface area contributed by atoms with Gasteiger partial charge in [0, 0.05) is 0 Å². The van der Waals surface area contributed by atoms with E-state index in [9.17, 15) is 4.79 Å². The number of hydrogen-bond acceptors (Lipinski definition) is 4. The van der Waals surface area contributed by atoms with Crippen molar-refractivity contribution < 1.29 is 14.7 Å². The summed E-state index contributed by atoms with van der Waals surface area (Å²) in [4.78, 5) is 15.6. The lowest BCUT2D eigenvalue weighted by atomic mass is 10.1. The number of nitrogens with one attached hydrogen (secondary N) is 1. The van der Waals surface area contributed by atoms with Crippen molar-refractivity contribution in [3.63, 3.8) is 0 Å². The van der Waals surface area contributed by atoms with Crippen molar-refractivity contribution in [3.05, 3.63) is 41.5 Å². The maximum absolute atomic E-state index is 10.5. The molecular weight excluding hydrogens is 220 g/mol. The Hall–Kier alpha value is -2.32. The van der Waals surface area contributed by atoms with E-state index in [-0.39, 0.29) is 6.42 Å². The second-order valence-electron chi connectivity index (χ2n) is 3.63. The number of nitrogens with zero attached hydrogens (tertiary/aromatic N) is 1. The lowest BCUT2D eigenvalue weighted by Crippen LogP contribution is -2.15. The quantitative estimate of drug-likeness (QED) is 0.817. The maximum atomic E-state index is 10.5. The number of carboxylic acids is 1. The summed E-state index contributed by atoms with van der Waals surface area (Å²) in [5.74, 6) is -0.908. The lowest BCUT2D eigenvalue weighted by molar-refractivity contribution is -0.139. The highest BCUT2D eigenvalue weighted by Gasteiger charge is 2.19. The van der Waals surface area contributed by atoms with E-state index in [1.807, 2.05) is 6.07 Å². The summed E-state index contributed by atoms with van der Waals surface area (Å²) in [6.07, 6.45) is 1.18. The first kappa shape index (κ1) is 11.2. The molecule has 1 heterocycles. The number of carboxylic acid groups (broad SMARTS) is 1. The molecule has 0 amide bonds. The van der Waals surface area contributed by atoms with Gasteiger partial charge in [0.1, 0.15) is 6.10 Å². The molecule has 1 aromatic rings. The van der Waals surface area contributed by atoms with E-state index < -0.39 is 12.1 Å². The second-order valence-corrected chi connectivity index (χ2v) is 3.63. The molecule has 0 radical (unpaired) electrons. The summed E-state index contributed by atoms with van der Waals surface area (Å²) < 4.78 is 0. The van der Waals surface area contributed by atoms with Crippen LogP contribution in [0.2, 0.25) is 0 Å². The van der Waals surface area contributed by atoms with E-state index in [0.29, 0.717) is 5.56 Å². The Balaban J connectivity index is 2.13. The molecule has 0 bridgehead atoms. The average molecular weight is 230 g/mol. The summed E-state index contributed by atoms with van der Waals surface area (Å²) in [6, 6.07) is 8.99. The van der Waals surface area contributed by atoms with Gasteiger partial charge in [0.2, 0.25) is 0 Å². The molecule has 5 heteroatoms. The fourth-order valence-corrected chi connectivity index (χ4v) is 1.55. The van der Waals surface area contributed by atoms with Crippen LogP contribution in [-0.2, 0) is 9.63 Å². The van der Waals surface area contributed by atoms with E-state index in [1.165, 1.54) is 0 Å². The number of carbonyl (C=O) groups is 1. The van der Waals surface area contributed by atoms with E-state index in [4.69, 9.17) is 15.2 Å². The Bertz CT molecular complexity index is 499. The van der Waals surface area contributed by atoms with Crippen LogP contribution in [-0.4, -0.2) is 17.2 Å². The number of hydrogen-bond donors (Lipinski definition) is 2. The highest BCUT2D eigenvalue weighted by Crippen LogP contribution is 2.20. The fraction of sp³-hybridized carbons (Fsp3) is 0.167. The topological polar surface area (TPSA) is 82.4 Å². The Morgan fingerprint density at radius 2 is 2.18 bits per heavy atom. The van der Waals surface area contributed by atoms with Gasteiger partial charge in [0.25, 0.3) is 0 Å². The number of rotatable bonds is 3. The van der Waals surface area contributed by atoms with Gasteiger partial charge >= 0.3 is 5.97 Å². The third kappa shape index (κ3) is 2.62. The first-order valence-electron chi connectivity index (χ1n) is 5.05. The van der Waals surface area contributed by atoms with E-state index in [2.05, 4.69) is 5.48 Å². The first-order valence-corrected chi connectivity index (χ1v) is 5.05. The Morgan fingerprint density at radius 1 is 1.47 bits per heavy atom. The third-order valence-corrected chi connectivity index (χ3v) is 2.37. The predicted octanol–water partition coefficient (Wildman–Crippen LogP) is 1.28. The van der Waals surface area contributed by atoms with Gasteiger partial charge in [-0.3, -0.25) is 15.1 Å². The molecule has 0 spiro atoms. The Morgan fingerprint density at radius 3 is 2.76 bits per heavy atom. The lowest BCUT2D eigenvalue weighted by Gasteiger charge is -2.04. The molecule has 2 N–H and O–H groups in total. The fourth-order valence-electron chi connectivity index (χ4n) is 1.55. The first-order chi connectivity index (χ1) is 8.19. The van der Waals surface area contributed by atoms with Crippen LogP contribution in [0.5, 0.6) is 0 Å². The maximum Gasteiger partial charge on any atom is 0.306 e. The third-order valence-electron chi connectivity index (χ3n) is 2.37. The molecular formula is C12H10N2O3. The molecule has 2 rings (SSSR count). The minimum absolute atomic E-state index is 0.0766. The van der Waals surface area contributed by atoms with Crippen LogP contribution in [0.4, 0.5) is 0 Å². The van der Waals surface area contributed by atoms with Crippen molar-refractivity contribution in [2.24, 2.45) is 0 Å². The Labute approximate surface area is 97.9 Å². The molecule has 5 nitrogen and oxygen atoms in total. The van der Waals surface area contributed by atoms with Gasteiger partial charge in [-0.15, -0.1) is 0 Å². The van der Waals surface area contributed by atoms with Crippen molar-refractivity contribution in [3.8, 4) is 6.07 Å². The molecule has 0 aromatic heterocycles. The minimum Gasteiger partial charge on any atom is -0.481 e. The van der Waals surface area contributed by atoms with Crippen molar-refractivity contribution in [2.45, 2.75) is 12.5 Å². The summed E-state index contributed by atoms with van der Waals surface area (Å²) in [5, 5.41) is 17.3. The normalized spacial score (nSPS) is 18.1. The van der Waals surface area contributed by atoms with Gasteiger partial charge in [0.05, 0.1) is 23.8 Å². The van der Waals surface area contributed by atoms with Crippen LogP contribution in [0, 0.1) is 11.3 Å². The van der Waals surface area contributed by atoms with Crippen LogP contribution < -0.4 is 5.48 Å². The average Bonchev–Trinajstić information content (AvgIpc) is 2.77. The van der Waals surface area contributed by atoms with Gasteiger partial charge in [-0.05, 0) is 23.8 Å². The molecule has 1 atom stereocenters. The van der Waals surface area contributed by atoms with Gasteiger partial charge < -0.3 is 5.11 Å². The van der Waals surface area contributed by atoms with E-state index >= 15 is 0 Å². The molecule has 0 saturated carbocycles. The minimum atomic E-state index is -0.908. The molecule has 86 valence electrons. The van der Waals surface area contributed by atoms with Crippen LogP contribution in [0.15, 0.2) is 30.3 Å². The largest absolute Gasteiger partial charge is 0.481 e. The van der Waals surface area contributed by atoms with E-state index in [1.54, 1.807) is 30.3 Å². The van der Waals surface area contributed by atoms with Crippen LogP contribution in [0.3, 0.4) is 0 Å². The SMILES string of the molecule is N#Cc1ccc(C2=CC(CC(=O)O)ON2)cc1. The van der Waals surface area contributed by atoms with Crippen LogP contribution in [0.1, 0.15) is 17.5 Å². The zero-order valence-electron chi connectivity index (χ0n) is 8.88. The number of nitriles is 1. The molecule has 1 aliphatic rings. The van der Waals surface area contributed by atoms with Crippen molar-refractivity contribution in [1.29, 1.82) is 5.26 Å². The number of benzene rings is 1. The summed E-state index contributed by atoms with van der Waals surface area (Å²) in [7, 11) is 0.